The van der Waals surface area contributed by atoms with E-state index in [2.05, 4.69) is 31.7 Å². The minimum Gasteiger partial charge on any atom is -0.141 e. The van der Waals surface area contributed by atoms with Crippen LogP contribution in [0.2, 0.25) is 0 Å². The molecule has 0 amide bonds. The van der Waals surface area contributed by atoms with E-state index in [-0.39, 0.29) is 0 Å². The quantitative estimate of drug-likeness (QED) is 0.671. The smallest absolute Gasteiger partial charge is 0.0345 e. The van der Waals surface area contributed by atoms with Gasteiger partial charge in [0.25, 0.3) is 0 Å². The van der Waals surface area contributed by atoms with E-state index in [0.717, 1.165) is 0 Å². The summed E-state index contributed by atoms with van der Waals surface area (Å²) in [5.41, 5.74) is 0. The molecule has 0 radical (unpaired) electrons. The molecule has 0 fully saturated rings. The van der Waals surface area contributed by atoms with E-state index in [1.54, 1.807) is 0 Å². The molecule has 0 atom stereocenters. The maximum atomic E-state index is 3.70. The van der Waals surface area contributed by atoms with Gasteiger partial charge in [-0.3, -0.25) is 0 Å². The number of hydrogen-bond donors (Lipinski definition) is 0. The van der Waals surface area contributed by atoms with Crippen molar-refractivity contribution in [3.63, 3.8) is 0 Å². The van der Waals surface area contributed by atoms with Crippen molar-refractivity contribution in [2.75, 3.05) is 0 Å². The maximum absolute atomic E-state index is 3.70. The maximum Gasteiger partial charge on any atom is 0.0345 e. The summed E-state index contributed by atoms with van der Waals surface area (Å²) in [6, 6.07) is 2.18. The lowest BCUT2D eigenvalue weighted by Gasteiger charge is -1.75. The van der Waals surface area contributed by atoms with Gasteiger partial charge in [-0.25, -0.2) is 0 Å². The van der Waals surface area contributed by atoms with Gasteiger partial charge in [-0.1, -0.05) is 30.9 Å². The predicted octanol–water partition coefficient (Wildman–Crippen LogP) is 2.38. The summed E-state index contributed by atoms with van der Waals surface area (Å²) in [6.07, 6.45) is 10.1. The zero-order chi connectivity index (χ0) is 9.68. The molecule has 0 spiro atoms. The first kappa shape index (κ1) is 10.0. The fourth-order valence-corrected chi connectivity index (χ4v) is 2.05. The minimum absolute atomic E-state index is 1.26. The van der Waals surface area contributed by atoms with E-state index < -0.39 is 0 Å². The van der Waals surface area contributed by atoms with Crippen LogP contribution >= 0.6 is 11.3 Å². The van der Waals surface area contributed by atoms with Crippen LogP contribution in [-0.4, -0.2) is 0 Å². The second kappa shape index (κ2) is 4.83. The molecule has 1 aromatic heterocycles. The van der Waals surface area contributed by atoms with Crippen LogP contribution in [0.3, 0.4) is 0 Å². The van der Waals surface area contributed by atoms with Gasteiger partial charge in [0.05, 0.1) is 0 Å². The Bertz CT molecular complexity index is 418. The van der Waals surface area contributed by atoms with Crippen LogP contribution in [0.4, 0.5) is 0 Å². The summed E-state index contributed by atoms with van der Waals surface area (Å²) in [5, 5.41) is 1.26. The monoisotopic (exact) mass is 190 g/mol. The Morgan fingerprint density at radius 1 is 1.38 bits per heavy atom. The second-order valence-corrected chi connectivity index (χ2v) is 4.06. The Hall–Kier alpha value is -1.08. The van der Waals surface area contributed by atoms with E-state index in [9.17, 15) is 0 Å². The molecule has 0 aliphatic carbocycles. The molecule has 13 heavy (non-hydrogen) atoms. The molecule has 0 saturated heterocycles. The first-order chi connectivity index (χ1) is 6.27. The van der Waals surface area contributed by atoms with E-state index in [1.807, 2.05) is 36.5 Å². The average molecular weight is 190 g/mol. The van der Waals surface area contributed by atoms with Crippen molar-refractivity contribution in [2.24, 2.45) is 0 Å². The van der Waals surface area contributed by atoms with Crippen molar-refractivity contribution in [1.82, 2.24) is 0 Å². The molecule has 0 N–H and O–H groups in total. The van der Waals surface area contributed by atoms with Crippen molar-refractivity contribution in [2.45, 2.75) is 13.8 Å². The van der Waals surface area contributed by atoms with E-state index in [4.69, 9.17) is 0 Å². The molecule has 1 heteroatoms. The van der Waals surface area contributed by atoms with E-state index >= 15 is 0 Å². The van der Waals surface area contributed by atoms with Gasteiger partial charge in [-0.05, 0) is 31.2 Å². The molecule has 0 aromatic carbocycles. The van der Waals surface area contributed by atoms with Gasteiger partial charge in [-0.2, -0.15) is 0 Å². The number of aryl methyl sites for hydroxylation is 1. The van der Waals surface area contributed by atoms with Gasteiger partial charge in [0.1, 0.15) is 0 Å². The van der Waals surface area contributed by atoms with Gasteiger partial charge in [0.2, 0.25) is 0 Å². The SMILES string of the molecule is C=C/C=c1/cc(C)s/c1=C/C=C\C. The third-order valence-electron chi connectivity index (χ3n) is 1.65. The molecule has 0 saturated carbocycles. The Labute approximate surface area is 83.2 Å². The van der Waals surface area contributed by atoms with E-state index in [0.29, 0.717) is 0 Å². The normalized spacial score (nSPS) is 14.3. The molecule has 0 unspecified atom stereocenters. The molecule has 1 rings (SSSR count). The van der Waals surface area contributed by atoms with Crippen molar-refractivity contribution < 1.29 is 0 Å². The van der Waals surface area contributed by atoms with Crippen LogP contribution < -0.4 is 9.75 Å². The average Bonchev–Trinajstić information content (AvgIpc) is 2.44. The Morgan fingerprint density at radius 2 is 2.15 bits per heavy atom. The predicted molar refractivity (Wildman–Crippen MR) is 62.2 cm³/mol. The third kappa shape index (κ3) is 2.71. The van der Waals surface area contributed by atoms with Crippen LogP contribution in [-0.2, 0) is 0 Å². The van der Waals surface area contributed by atoms with Crippen molar-refractivity contribution in [3.8, 4) is 0 Å². The molecular formula is C12H14S. The number of rotatable bonds is 2. The highest BCUT2D eigenvalue weighted by atomic mass is 32.1. The van der Waals surface area contributed by atoms with Crippen molar-refractivity contribution in [1.29, 1.82) is 0 Å². The van der Waals surface area contributed by atoms with Crippen LogP contribution in [0.25, 0.3) is 12.2 Å². The largest absolute Gasteiger partial charge is 0.141 e. The first-order valence-corrected chi connectivity index (χ1v) is 5.12. The Kier molecular flexibility index (Phi) is 3.71. The highest BCUT2D eigenvalue weighted by Crippen LogP contribution is 1.95. The Morgan fingerprint density at radius 3 is 2.77 bits per heavy atom. The summed E-state index contributed by atoms with van der Waals surface area (Å²) in [5.74, 6) is 0. The molecular weight excluding hydrogens is 176 g/mol. The lowest BCUT2D eigenvalue weighted by atomic mass is 10.3. The van der Waals surface area contributed by atoms with Crippen LogP contribution in [0.5, 0.6) is 0 Å². The molecule has 1 aromatic rings. The lowest BCUT2D eigenvalue weighted by molar-refractivity contribution is 1.60. The van der Waals surface area contributed by atoms with Crippen LogP contribution in [0.15, 0.2) is 30.9 Å². The minimum atomic E-state index is 1.26. The zero-order valence-corrected chi connectivity index (χ0v) is 8.90. The third-order valence-corrected chi connectivity index (χ3v) is 2.68. The highest BCUT2D eigenvalue weighted by Gasteiger charge is 1.89. The highest BCUT2D eigenvalue weighted by molar-refractivity contribution is 7.09. The van der Waals surface area contributed by atoms with Crippen LogP contribution in [0, 0.1) is 6.92 Å². The summed E-state index contributed by atoms with van der Waals surface area (Å²) in [4.78, 5) is 1.34. The lowest BCUT2D eigenvalue weighted by Crippen LogP contribution is -2.16. The second-order valence-electron chi connectivity index (χ2n) is 2.77. The fourth-order valence-electron chi connectivity index (χ4n) is 1.12. The first-order valence-electron chi connectivity index (χ1n) is 4.30. The topological polar surface area (TPSA) is 0 Å². The van der Waals surface area contributed by atoms with Gasteiger partial charge in [-0.15, -0.1) is 11.3 Å². The molecule has 0 nitrogen and oxygen atoms in total. The van der Waals surface area contributed by atoms with E-state index in [1.165, 1.54) is 14.6 Å². The summed E-state index contributed by atoms with van der Waals surface area (Å²) >= 11 is 1.81. The van der Waals surface area contributed by atoms with Gasteiger partial charge in [0.15, 0.2) is 0 Å². The number of allylic oxidation sites excluding steroid dienone is 3. The number of thiophene rings is 1. The van der Waals surface area contributed by atoms with Gasteiger partial charge >= 0.3 is 0 Å². The molecule has 68 valence electrons. The number of hydrogen-bond acceptors (Lipinski definition) is 1. The standard InChI is InChI=1S/C12H14S/c1-4-6-8-12-11(7-5-2)9-10(3)13-12/h4-9H,2H2,1,3H3/b6-4-,11-7-,12-8+. The summed E-state index contributed by atoms with van der Waals surface area (Å²) in [6.45, 7) is 7.85. The molecule has 0 aliphatic heterocycles. The molecule has 0 bridgehead atoms. The fraction of sp³-hybridized carbons (Fsp3) is 0.167. The van der Waals surface area contributed by atoms with Crippen molar-refractivity contribution in [3.05, 3.63) is 45.5 Å². The molecule has 1 heterocycles. The van der Waals surface area contributed by atoms with Gasteiger partial charge in [0, 0.05) is 9.41 Å². The summed E-state index contributed by atoms with van der Waals surface area (Å²) < 4.78 is 1.30. The van der Waals surface area contributed by atoms with Gasteiger partial charge < -0.3 is 0 Å². The van der Waals surface area contributed by atoms with Crippen LogP contribution in [0.1, 0.15) is 11.8 Å². The Balaban J connectivity index is 3.35. The van der Waals surface area contributed by atoms with Crippen molar-refractivity contribution >= 4 is 23.5 Å². The molecule has 0 aliphatic rings. The zero-order valence-electron chi connectivity index (χ0n) is 8.08. The summed E-state index contributed by atoms with van der Waals surface area (Å²) in [7, 11) is 0.